The van der Waals surface area contributed by atoms with Crippen molar-refractivity contribution in [2.24, 2.45) is 23.7 Å². The molecule has 0 bridgehead atoms. The zero-order valence-electron chi connectivity index (χ0n) is 59.5. The summed E-state index contributed by atoms with van der Waals surface area (Å²) in [4.78, 5) is 72.6. The Kier molecular flexibility index (Phi) is 60.3. The summed E-state index contributed by atoms with van der Waals surface area (Å²) in [6, 6.07) is 0. The molecule has 0 fully saturated rings. The first-order chi connectivity index (χ1) is 43.7. The minimum Gasteiger partial charge on any atom is -0.462 e. The molecule has 0 amide bonds. The minimum absolute atomic E-state index is 0.103. The van der Waals surface area contributed by atoms with E-state index in [9.17, 15) is 43.2 Å². The van der Waals surface area contributed by atoms with Crippen LogP contribution in [0.5, 0.6) is 0 Å². The molecule has 0 saturated heterocycles. The van der Waals surface area contributed by atoms with Crippen LogP contribution in [0.4, 0.5) is 0 Å². The van der Waals surface area contributed by atoms with E-state index in [2.05, 4.69) is 55.4 Å². The van der Waals surface area contributed by atoms with Crippen LogP contribution in [0.15, 0.2) is 0 Å². The van der Waals surface area contributed by atoms with Crippen LogP contribution >= 0.6 is 15.6 Å². The number of phosphoric acid groups is 2. The molecule has 0 aliphatic rings. The zero-order chi connectivity index (χ0) is 67.5. The van der Waals surface area contributed by atoms with E-state index in [1.54, 1.807) is 0 Å². The molecule has 0 aromatic rings. The summed E-state index contributed by atoms with van der Waals surface area (Å²) in [6.07, 6.45) is 44.6. The van der Waals surface area contributed by atoms with Gasteiger partial charge in [-0.3, -0.25) is 37.3 Å². The van der Waals surface area contributed by atoms with Gasteiger partial charge in [0.25, 0.3) is 0 Å². The quantitative estimate of drug-likeness (QED) is 0.0222. The molecule has 3 N–H and O–H groups in total. The van der Waals surface area contributed by atoms with Crippen LogP contribution in [0, 0.1) is 23.7 Å². The van der Waals surface area contributed by atoms with Gasteiger partial charge in [-0.1, -0.05) is 306 Å². The Labute approximate surface area is 556 Å². The number of esters is 4. The van der Waals surface area contributed by atoms with Crippen LogP contribution in [-0.4, -0.2) is 96.7 Å². The van der Waals surface area contributed by atoms with Crippen molar-refractivity contribution in [2.45, 2.75) is 375 Å². The molecule has 0 saturated carbocycles. The second-order valence-corrected chi connectivity index (χ2v) is 30.3. The molecular weight excluding hydrogens is 1200 g/mol. The van der Waals surface area contributed by atoms with Crippen molar-refractivity contribution in [3.8, 4) is 0 Å². The number of aliphatic hydroxyl groups excluding tert-OH is 1. The molecule has 0 aromatic carbocycles. The van der Waals surface area contributed by atoms with E-state index in [0.717, 1.165) is 114 Å². The maximum absolute atomic E-state index is 13.0. The molecule has 19 heteroatoms. The number of carbonyl (C=O) groups is 4. The first-order valence-corrected chi connectivity index (χ1v) is 40.3. The molecule has 0 radical (unpaired) electrons. The number of hydrogen-bond acceptors (Lipinski definition) is 15. The van der Waals surface area contributed by atoms with E-state index in [0.29, 0.717) is 31.6 Å². The van der Waals surface area contributed by atoms with E-state index in [4.69, 9.17) is 37.0 Å². The van der Waals surface area contributed by atoms with Gasteiger partial charge in [0.2, 0.25) is 0 Å². The fraction of sp³-hybridized carbons (Fsp3) is 0.944. The number of phosphoric ester groups is 2. The van der Waals surface area contributed by atoms with Crippen molar-refractivity contribution in [1.82, 2.24) is 0 Å². The Morgan fingerprint density at radius 2 is 0.527 bits per heavy atom. The fourth-order valence-electron chi connectivity index (χ4n) is 10.8. The van der Waals surface area contributed by atoms with Crippen molar-refractivity contribution < 1.29 is 80.2 Å². The normalized spacial score (nSPS) is 14.8. The molecule has 91 heavy (non-hydrogen) atoms. The van der Waals surface area contributed by atoms with Crippen LogP contribution in [0.3, 0.4) is 0 Å². The number of aliphatic hydroxyl groups is 1. The lowest BCUT2D eigenvalue weighted by atomic mass is 9.99. The third-order valence-corrected chi connectivity index (χ3v) is 19.2. The van der Waals surface area contributed by atoms with Crippen molar-refractivity contribution in [3.05, 3.63) is 0 Å². The van der Waals surface area contributed by atoms with Crippen molar-refractivity contribution in [1.29, 1.82) is 0 Å². The summed E-state index contributed by atoms with van der Waals surface area (Å²) in [5, 5.41) is 10.6. The van der Waals surface area contributed by atoms with Crippen LogP contribution in [0.2, 0.25) is 0 Å². The van der Waals surface area contributed by atoms with Crippen molar-refractivity contribution in [3.63, 3.8) is 0 Å². The summed E-state index contributed by atoms with van der Waals surface area (Å²) in [7, 11) is -9.90. The van der Waals surface area contributed by atoms with Gasteiger partial charge in [0.05, 0.1) is 26.4 Å². The largest absolute Gasteiger partial charge is 0.472 e. The molecular formula is C72H140O17P2. The van der Waals surface area contributed by atoms with E-state index in [1.165, 1.54) is 154 Å². The predicted octanol–water partition coefficient (Wildman–Crippen LogP) is 20.5. The predicted molar refractivity (Wildman–Crippen MR) is 367 cm³/mol. The van der Waals surface area contributed by atoms with Crippen LogP contribution in [-0.2, 0) is 65.4 Å². The van der Waals surface area contributed by atoms with E-state index >= 15 is 0 Å². The third kappa shape index (κ3) is 63.9. The summed E-state index contributed by atoms with van der Waals surface area (Å²) in [5.41, 5.74) is 0. The first-order valence-electron chi connectivity index (χ1n) is 37.3. The fourth-order valence-corrected chi connectivity index (χ4v) is 12.4. The number of hydrogen-bond donors (Lipinski definition) is 3. The average Bonchev–Trinajstić information content (AvgIpc) is 3.10. The lowest BCUT2D eigenvalue weighted by molar-refractivity contribution is -0.161. The molecule has 0 heterocycles. The highest BCUT2D eigenvalue weighted by Crippen LogP contribution is 2.45. The monoisotopic (exact) mass is 1340 g/mol. The molecule has 4 unspecified atom stereocenters. The van der Waals surface area contributed by atoms with E-state index in [-0.39, 0.29) is 25.7 Å². The molecule has 0 aliphatic carbocycles. The molecule has 0 spiro atoms. The summed E-state index contributed by atoms with van der Waals surface area (Å²) < 4.78 is 68.3. The van der Waals surface area contributed by atoms with Crippen molar-refractivity contribution >= 4 is 39.5 Å². The van der Waals surface area contributed by atoms with E-state index in [1.807, 2.05) is 0 Å². The van der Waals surface area contributed by atoms with Crippen LogP contribution in [0.1, 0.15) is 357 Å². The smallest absolute Gasteiger partial charge is 0.462 e. The number of unbranched alkanes of at least 4 members (excludes halogenated alkanes) is 33. The highest BCUT2D eigenvalue weighted by molar-refractivity contribution is 7.47. The Morgan fingerprint density at radius 3 is 0.780 bits per heavy atom. The Morgan fingerprint density at radius 1 is 0.308 bits per heavy atom. The molecule has 0 aliphatic heterocycles. The van der Waals surface area contributed by atoms with Crippen LogP contribution in [0.25, 0.3) is 0 Å². The van der Waals surface area contributed by atoms with Gasteiger partial charge >= 0.3 is 39.5 Å². The molecule has 7 atom stereocenters. The second kappa shape index (κ2) is 61.6. The van der Waals surface area contributed by atoms with Gasteiger partial charge in [0.1, 0.15) is 19.3 Å². The summed E-state index contributed by atoms with van der Waals surface area (Å²) in [5.74, 6) is 0.877. The van der Waals surface area contributed by atoms with Crippen molar-refractivity contribution in [2.75, 3.05) is 39.6 Å². The highest BCUT2D eigenvalue weighted by Gasteiger charge is 2.30. The lowest BCUT2D eigenvalue weighted by Gasteiger charge is -2.21. The first kappa shape index (κ1) is 89.1. The lowest BCUT2D eigenvalue weighted by Crippen LogP contribution is -2.30. The van der Waals surface area contributed by atoms with Gasteiger partial charge in [0.15, 0.2) is 12.2 Å². The molecule has 0 rings (SSSR count). The highest BCUT2D eigenvalue weighted by atomic mass is 31.2. The topological polar surface area (TPSA) is 237 Å². The van der Waals surface area contributed by atoms with Crippen LogP contribution < -0.4 is 0 Å². The SMILES string of the molecule is CCC(C)CCCCCCCCCCC(=O)O[C@H](COC(=O)CCCCCCCCC(C)CC)COP(=O)(O)OC[C@H](O)COP(=O)(O)OC[C@@H](COC(=O)CCCCCCCCCCCCCCCCCCC(C)C)OC(=O)CCCCCCCCCC(C)C. The molecule has 540 valence electrons. The number of rotatable bonds is 69. The van der Waals surface area contributed by atoms with E-state index < -0.39 is 97.5 Å². The minimum atomic E-state index is -4.95. The van der Waals surface area contributed by atoms with Gasteiger partial charge in [-0.25, -0.2) is 9.13 Å². The van der Waals surface area contributed by atoms with Gasteiger partial charge in [-0.2, -0.15) is 0 Å². The standard InChI is InChI=1S/C72H140O17P2/c1-9-64(7)50-42-34-26-21-22-28-38-46-54-71(76)88-68(59-83-70(75)53-45-37-31-30-35-43-51-65(8)10-2)61-87-91(80,81)85-57-66(73)56-84-90(78,79)86-60-67(89-72(77)55-47-39-29-23-25-33-41-49-63(5)6)58-82-69(74)52-44-36-27-20-18-16-14-12-11-13-15-17-19-24-32-40-48-62(3)4/h62-68,73H,9-61H2,1-8H3,(H,78,79)(H,80,81)/t64?,65?,66-,67-,68-/m1/s1. The molecule has 0 aromatic heterocycles. The Bertz CT molecular complexity index is 1800. The van der Waals surface area contributed by atoms with Gasteiger partial charge in [0, 0.05) is 25.7 Å². The number of ether oxygens (including phenoxy) is 4. The second-order valence-electron chi connectivity index (χ2n) is 27.4. The van der Waals surface area contributed by atoms with Gasteiger partial charge in [-0.15, -0.1) is 0 Å². The van der Waals surface area contributed by atoms with Gasteiger partial charge < -0.3 is 33.8 Å². The summed E-state index contributed by atoms with van der Waals surface area (Å²) in [6.45, 7) is 14.1. The molecule has 17 nitrogen and oxygen atoms in total. The Balaban J connectivity index is 5.18. The maximum Gasteiger partial charge on any atom is 0.472 e. The summed E-state index contributed by atoms with van der Waals surface area (Å²) >= 11 is 0. The average molecular weight is 1340 g/mol. The Hall–Kier alpha value is -1.94. The van der Waals surface area contributed by atoms with Gasteiger partial charge in [-0.05, 0) is 49.4 Å². The maximum atomic E-state index is 13.0. The zero-order valence-corrected chi connectivity index (χ0v) is 61.3. The number of carbonyl (C=O) groups excluding carboxylic acids is 4. The third-order valence-electron chi connectivity index (χ3n) is 17.3.